The van der Waals surface area contributed by atoms with Gasteiger partial charge < -0.3 is 0 Å². The summed E-state index contributed by atoms with van der Waals surface area (Å²) in [7, 11) is 0. The zero-order valence-electron chi connectivity index (χ0n) is 32.5. The van der Waals surface area contributed by atoms with Crippen LogP contribution in [0.2, 0.25) is 0 Å². The van der Waals surface area contributed by atoms with Crippen LogP contribution in [0.25, 0.3) is 11.1 Å². The van der Waals surface area contributed by atoms with E-state index in [-0.39, 0.29) is 5.92 Å². The Labute approximate surface area is 319 Å². The average molecular weight is 721 g/mol. The lowest BCUT2D eigenvalue weighted by Gasteiger charge is -2.36. The Bertz CT molecular complexity index is 1610. The molecule has 4 aromatic carbocycles. The molecule has 0 aliphatic heterocycles. The molecule has 4 fully saturated rings. The van der Waals surface area contributed by atoms with Gasteiger partial charge in [0.1, 0.15) is 0 Å². The van der Waals surface area contributed by atoms with Crippen molar-refractivity contribution in [2.75, 3.05) is 0 Å². The number of rotatable bonds is 5. The normalized spacial score (nSPS) is 23.9. The van der Waals surface area contributed by atoms with Crippen molar-refractivity contribution in [3.63, 3.8) is 0 Å². The van der Waals surface area contributed by atoms with E-state index >= 15 is 0 Å². The predicted molar refractivity (Wildman–Crippen MR) is 217 cm³/mol. The van der Waals surface area contributed by atoms with Crippen LogP contribution in [0.5, 0.6) is 0 Å². The summed E-state index contributed by atoms with van der Waals surface area (Å²) in [6.07, 6.45) is 24.5. The molecule has 284 valence electrons. The first-order valence-electron chi connectivity index (χ1n) is 21.2. The van der Waals surface area contributed by atoms with Gasteiger partial charge in [0.05, 0.1) is 0 Å². The summed E-state index contributed by atoms with van der Waals surface area (Å²) in [5.41, 5.74) is 7.48. The summed E-state index contributed by atoms with van der Waals surface area (Å²) >= 11 is 0. The van der Waals surface area contributed by atoms with Crippen LogP contribution in [0.1, 0.15) is 150 Å². The van der Waals surface area contributed by atoms with E-state index < -0.39 is 17.5 Å². The molecular formula is C50H63F3. The van der Waals surface area contributed by atoms with Gasteiger partial charge in [-0.05, 0) is 135 Å². The fraction of sp³-hybridized carbons (Fsp3) is 0.520. The van der Waals surface area contributed by atoms with Gasteiger partial charge in [-0.15, -0.1) is 0 Å². The smallest absolute Gasteiger partial charge is 0.194 e. The molecule has 53 heavy (non-hydrogen) atoms. The third kappa shape index (κ3) is 11.3. The van der Waals surface area contributed by atoms with Crippen LogP contribution in [0.3, 0.4) is 0 Å². The zero-order chi connectivity index (χ0) is 37.0. The van der Waals surface area contributed by atoms with E-state index in [1.54, 1.807) is 5.56 Å². The van der Waals surface area contributed by atoms with Gasteiger partial charge in [0.15, 0.2) is 17.5 Å². The first kappa shape index (κ1) is 39.4. The highest BCUT2D eigenvalue weighted by molar-refractivity contribution is 5.63. The Hall–Kier alpha value is -3.33. The Morgan fingerprint density at radius 1 is 0.377 bits per heavy atom. The van der Waals surface area contributed by atoms with Crippen LogP contribution in [0.15, 0.2) is 91.0 Å². The molecule has 0 saturated heterocycles. The molecule has 0 bridgehead atoms. The number of benzene rings is 4. The number of hydrogen-bond donors (Lipinski definition) is 0. The van der Waals surface area contributed by atoms with E-state index in [9.17, 15) is 13.2 Å². The fourth-order valence-corrected chi connectivity index (χ4v) is 10.1. The maximum atomic E-state index is 13.3. The molecule has 0 radical (unpaired) electrons. The van der Waals surface area contributed by atoms with E-state index in [1.807, 2.05) is 6.07 Å². The summed E-state index contributed by atoms with van der Waals surface area (Å²) in [5, 5.41) is 0. The first-order valence-corrected chi connectivity index (χ1v) is 21.2. The van der Waals surface area contributed by atoms with Crippen molar-refractivity contribution >= 4 is 0 Å². The maximum Gasteiger partial charge on any atom is 0.194 e. The van der Waals surface area contributed by atoms with Crippen molar-refractivity contribution in [2.45, 2.75) is 141 Å². The van der Waals surface area contributed by atoms with Crippen LogP contribution in [-0.2, 0) is 0 Å². The number of halogens is 3. The SMILES string of the molecule is Cc1ccc(-c2ccccc2)cc1.Cc1ccc(C2CCC(C3CCCCC3)CC2)cc1.Fc1cc(C2CCC(C3CCCCC3)CC2)cc(F)c1F. The van der Waals surface area contributed by atoms with Crippen LogP contribution in [0.4, 0.5) is 13.2 Å². The maximum absolute atomic E-state index is 13.3. The van der Waals surface area contributed by atoms with Gasteiger partial charge in [-0.1, -0.05) is 154 Å². The summed E-state index contributed by atoms with van der Waals surface area (Å²) in [5.74, 6) is 1.36. The predicted octanol–water partition coefficient (Wildman–Crippen LogP) is 15.5. The molecule has 3 heteroatoms. The summed E-state index contributed by atoms with van der Waals surface area (Å²) in [6.45, 7) is 4.29. The van der Waals surface area contributed by atoms with E-state index in [0.717, 1.165) is 55.3 Å². The Kier molecular flexibility index (Phi) is 14.7. The van der Waals surface area contributed by atoms with Crippen molar-refractivity contribution in [3.8, 4) is 11.1 Å². The molecular weight excluding hydrogens is 658 g/mol. The Balaban J connectivity index is 0.000000140. The highest BCUT2D eigenvalue weighted by Gasteiger charge is 2.30. The fourth-order valence-electron chi connectivity index (χ4n) is 10.1. The molecule has 0 heterocycles. The van der Waals surface area contributed by atoms with Gasteiger partial charge in [0.25, 0.3) is 0 Å². The number of hydrogen-bond acceptors (Lipinski definition) is 0. The Morgan fingerprint density at radius 2 is 0.755 bits per heavy atom. The van der Waals surface area contributed by atoms with Crippen molar-refractivity contribution in [2.24, 2.45) is 23.7 Å². The standard InChI is InChI=1S/C19H28.C18H23F3.C13H12/c1-15-7-9-17(10-8-15)19-13-11-18(12-14-19)16-5-3-2-4-6-16;19-16-10-15(11-17(20)18(16)21)14-8-6-13(7-9-14)12-4-2-1-3-5-12;1-11-7-9-13(10-8-11)12-5-3-2-4-6-12/h7-10,16,18-19H,2-6,11-14H2,1H3;10-14H,1-9H2;2-10H,1H3. The van der Waals surface area contributed by atoms with Crippen molar-refractivity contribution in [1.29, 1.82) is 0 Å². The lowest BCUT2D eigenvalue weighted by atomic mass is 9.70. The minimum atomic E-state index is -1.35. The van der Waals surface area contributed by atoms with E-state index in [0.29, 0.717) is 5.56 Å². The average Bonchev–Trinajstić information content (AvgIpc) is 3.22. The first-order chi connectivity index (χ1) is 25.8. The second kappa shape index (κ2) is 19.8. The molecule has 4 aromatic rings. The molecule has 0 spiro atoms. The summed E-state index contributed by atoms with van der Waals surface area (Å²) in [6, 6.07) is 30.7. The van der Waals surface area contributed by atoms with Crippen molar-refractivity contribution < 1.29 is 13.2 Å². The summed E-state index contributed by atoms with van der Waals surface area (Å²) < 4.78 is 39.7. The molecule has 4 aliphatic rings. The van der Waals surface area contributed by atoms with Gasteiger partial charge in [0.2, 0.25) is 0 Å². The third-order valence-corrected chi connectivity index (χ3v) is 13.4. The van der Waals surface area contributed by atoms with E-state index in [4.69, 9.17) is 0 Å². The minimum absolute atomic E-state index is 0.189. The van der Waals surface area contributed by atoms with Crippen LogP contribution in [-0.4, -0.2) is 0 Å². The van der Waals surface area contributed by atoms with E-state index in [2.05, 4.69) is 86.6 Å². The molecule has 4 saturated carbocycles. The van der Waals surface area contributed by atoms with Gasteiger partial charge in [-0.25, -0.2) is 13.2 Å². The topological polar surface area (TPSA) is 0 Å². The molecule has 4 aliphatic carbocycles. The second-order valence-corrected chi connectivity index (χ2v) is 17.0. The quantitative estimate of drug-likeness (QED) is 0.180. The van der Waals surface area contributed by atoms with Crippen LogP contribution >= 0.6 is 0 Å². The third-order valence-electron chi connectivity index (χ3n) is 13.4. The molecule has 8 rings (SSSR count). The lowest BCUT2D eigenvalue weighted by Crippen LogP contribution is -2.23. The van der Waals surface area contributed by atoms with Gasteiger partial charge in [-0.3, -0.25) is 0 Å². The van der Waals surface area contributed by atoms with Gasteiger partial charge in [-0.2, -0.15) is 0 Å². The molecule has 0 atom stereocenters. The van der Waals surface area contributed by atoms with Gasteiger partial charge >= 0.3 is 0 Å². The molecule has 0 unspecified atom stereocenters. The molecule has 0 nitrogen and oxygen atoms in total. The van der Waals surface area contributed by atoms with Crippen molar-refractivity contribution in [1.82, 2.24) is 0 Å². The monoisotopic (exact) mass is 720 g/mol. The zero-order valence-corrected chi connectivity index (χ0v) is 32.5. The van der Waals surface area contributed by atoms with E-state index in [1.165, 1.54) is 124 Å². The summed E-state index contributed by atoms with van der Waals surface area (Å²) in [4.78, 5) is 0. The highest BCUT2D eigenvalue weighted by atomic mass is 19.2. The Morgan fingerprint density at radius 3 is 1.21 bits per heavy atom. The molecule has 0 N–H and O–H groups in total. The molecule has 0 amide bonds. The second-order valence-electron chi connectivity index (χ2n) is 17.0. The minimum Gasteiger partial charge on any atom is -0.204 e. The lowest BCUT2D eigenvalue weighted by molar-refractivity contribution is 0.185. The largest absolute Gasteiger partial charge is 0.204 e. The van der Waals surface area contributed by atoms with Crippen LogP contribution in [0, 0.1) is 55.0 Å². The van der Waals surface area contributed by atoms with Crippen LogP contribution < -0.4 is 0 Å². The number of aryl methyl sites for hydroxylation is 2. The van der Waals surface area contributed by atoms with Crippen molar-refractivity contribution in [3.05, 3.63) is 131 Å². The highest BCUT2D eigenvalue weighted by Crippen LogP contribution is 2.44. The molecule has 0 aromatic heterocycles. The van der Waals surface area contributed by atoms with Gasteiger partial charge in [0, 0.05) is 0 Å².